The number of thiophene rings is 1. The van der Waals surface area contributed by atoms with E-state index in [1.54, 1.807) is 26.1 Å². The molecule has 0 aromatic carbocycles. The number of hydrogen-bond donors (Lipinski definition) is 0. The van der Waals surface area contributed by atoms with Gasteiger partial charge in [0, 0.05) is 18.0 Å². The van der Waals surface area contributed by atoms with E-state index in [9.17, 15) is 9.59 Å². The van der Waals surface area contributed by atoms with Gasteiger partial charge >= 0.3 is 5.97 Å². The minimum atomic E-state index is -0.416. The highest BCUT2D eigenvalue weighted by Gasteiger charge is 2.10. The fraction of sp³-hybridized carbons (Fsp3) is 0.333. The van der Waals surface area contributed by atoms with E-state index in [0.29, 0.717) is 10.9 Å². The normalized spacial score (nSPS) is 10.6. The molecule has 98 valence electrons. The quantitative estimate of drug-likeness (QED) is 0.617. The summed E-state index contributed by atoms with van der Waals surface area (Å²) in [5, 5.41) is 0. The summed E-state index contributed by atoms with van der Waals surface area (Å²) < 4.78 is 5.42. The molecule has 0 spiro atoms. The molecule has 0 fully saturated rings. The molecule has 1 rings (SSSR count). The zero-order valence-corrected chi connectivity index (χ0v) is 11.8. The highest BCUT2D eigenvalue weighted by atomic mass is 35.5. The summed E-state index contributed by atoms with van der Waals surface area (Å²) in [7, 11) is 1.55. The largest absolute Gasteiger partial charge is 0.465 e. The van der Waals surface area contributed by atoms with Gasteiger partial charge in [-0.2, -0.15) is 0 Å². The molecular weight excluding hydrogens is 274 g/mol. The smallest absolute Gasteiger partial charge is 0.325 e. The molecule has 0 aliphatic heterocycles. The number of nitrogens with zero attached hydrogens (tertiary/aromatic N) is 1. The van der Waals surface area contributed by atoms with Crippen LogP contribution in [0.5, 0.6) is 0 Å². The van der Waals surface area contributed by atoms with Crippen molar-refractivity contribution in [3.63, 3.8) is 0 Å². The van der Waals surface area contributed by atoms with Crippen LogP contribution in [0.3, 0.4) is 0 Å². The molecule has 0 radical (unpaired) electrons. The predicted molar refractivity (Wildman–Crippen MR) is 72.6 cm³/mol. The van der Waals surface area contributed by atoms with Crippen LogP contribution in [0.25, 0.3) is 6.08 Å². The highest BCUT2D eigenvalue weighted by Crippen LogP contribution is 2.22. The van der Waals surface area contributed by atoms with Gasteiger partial charge in [-0.15, -0.1) is 11.3 Å². The maximum Gasteiger partial charge on any atom is 0.325 e. The Balaban J connectivity index is 2.49. The van der Waals surface area contributed by atoms with Gasteiger partial charge in [-0.25, -0.2) is 0 Å². The highest BCUT2D eigenvalue weighted by molar-refractivity contribution is 7.17. The Bertz CT molecular complexity index is 456. The summed E-state index contributed by atoms with van der Waals surface area (Å²) in [6.07, 6.45) is 3.07. The third kappa shape index (κ3) is 4.89. The Morgan fingerprint density at radius 2 is 2.22 bits per heavy atom. The van der Waals surface area contributed by atoms with Crippen LogP contribution in [0.4, 0.5) is 0 Å². The maximum absolute atomic E-state index is 11.7. The van der Waals surface area contributed by atoms with E-state index >= 15 is 0 Å². The number of halogens is 1. The number of amides is 1. The van der Waals surface area contributed by atoms with Gasteiger partial charge in [-0.3, -0.25) is 9.59 Å². The summed E-state index contributed by atoms with van der Waals surface area (Å²) in [6.45, 7) is 1.98. The van der Waals surface area contributed by atoms with Crippen molar-refractivity contribution in [1.29, 1.82) is 0 Å². The Morgan fingerprint density at radius 3 is 2.78 bits per heavy atom. The van der Waals surface area contributed by atoms with Crippen LogP contribution >= 0.6 is 22.9 Å². The first-order valence-electron chi connectivity index (χ1n) is 5.37. The Kier molecular flexibility index (Phi) is 5.88. The first kappa shape index (κ1) is 14.7. The SMILES string of the molecule is CCOC(=O)CN(C)C(=O)C=Cc1ccc(Cl)s1. The van der Waals surface area contributed by atoms with Crippen molar-refractivity contribution in [3.05, 3.63) is 27.4 Å². The molecule has 0 bridgehead atoms. The van der Waals surface area contributed by atoms with Gasteiger partial charge in [0.15, 0.2) is 0 Å². The number of carbonyl (C=O) groups excluding carboxylic acids is 2. The third-order valence-electron chi connectivity index (χ3n) is 2.03. The predicted octanol–water partition coefficient (Wildman–Crippen LogP) is 2.44. The molecule has 18 heavy (non-hydrogen) atoms. The average molecular weight is 288 g/mol. The zero-order chi connectivity index (χ0) is 13.5. The third-order valence-corrected chi connectivity index (χ3v) is 3.23. The summed E-state index contributed by atoms with van der Waals surface area (Å²) in [4.78, 5) is 25.0. The zero-order valence-electron chi connectivity index (χ0n) is 10.2. The molecule has 0 atom stereocenters. The molecule has 0 saturated heterocycles. The Morgan fingerprint density at radius 1 is 1.50 bits per heavy atom. The molecule has 4 nitrogen and oxygen atoms in total. The molecule has 0 aliphatic carbocycles. The lowest BCUT2D eigenvalue weighted by Gasteiger charge is -2.13. The molecular formula is C12H14ClNO3S. The van der Waals surface area contributed by atoms with Crippen molar-refractivity contribution in [2.24, 2.45) is 0 Å². The Hall–Kier alpha value is -1.33. The monoisotopic (exact) mass is 287 g/mol. The summed E-state index contributed by atoms with van der Waals surface area (Å²) in [6, 6.07) is 3.58. The van der Waals surface area contributed by atoms with Crippen LogP contribution in [-0.4, -0.2) is 37.0 Å². The van der Waals surface area contributed by atoms with E-state index in [4.69, 9.17) is 16.3 Å². The molecule has 0 unspecified atom stereocenters. The van der Waals surface area contributed by atoms with Gasteiger partial charge < -0.3 is 9.64 Å². The van der Waals surface area contributed by atoms with Crippen molar-refractivity contribution in [2.45, 2.75) is 6.92 Å². The Labute approximate surface area is 115 Å². The minimum Gasteiger partial charge on any atom is -0.465 e. The number of likely N-dealkylation sites (N-methyl/N-ethyl adjacent to an activating group) is 1. The van der Waals surface area contributed by atoms with Gasteiger partial charge in [0.1, 0.15) is 6.54 Å². The van der Waals surface area contributed by atoms with Crippen molar-refractivity contribution < 1.29 is 14.3 Å². The number of esters is 1. The summed E-state index contributed by atoms with van der Waals surface area (Å²) in [5.41, 5.74) is 0. The topological polar surface area (TPSA) is 46.6 Å². The first-order valence-corrected chi connectivity index (χ1v) is 6.56. The van der Waals surface area contributed by atoms with Crippen molar-refractivity contribution >= 4 is 40.9 Å². The number of rotatable bonds is 5. The van der Waals surface area contributed by atoms with E-state index in [1.165, 1.54) is 22.3 Å². The second-order valence-electron chi connectivity index (χ2n) is 3.47. The van der Waals surface area contributed by atoms with Crippen LogP contribution in [0.15, 0.2) is 18.2 Å². The minimum absolute atomic E-state index is 0.0534. The summed E-state index contributed by atoms with van der Waals surface area (Å²) in [5.74, 6) is -0.673. The van der Waals surface area contributed by atoms with Gasteiger partial charge in [0.25, 0.3) is 0 Å². The average Bonchev–Trinajstić information content (AvgIpc) is 2.72. The lowest BCUT2D eigenvalue weighted by atomic mass is 10.4. The molecule has 1 amide bonds. The van der Waals surface area contributed by atoms with Crippen molar-refractivity contribution in [3.8, 4) is 0 Å². The van der Waals surface area contributed by atoms with Gasteiger partial charge in [0.05, 0.1) is 10.9 Å². The van der Waals surface area contributed by atoms with Gasteiger partial charge in [-0.1, -0.05) is 11.6 Å². The number of hydrogen-bond acceptors (Lipinski definition) is 4. The molecule has 1 aromatic rings. The van der Waals surface area contributed by atoms with Crippen LogP contribution in [-0.2, 0) is 14.3 Å². The maximum atomic E-state index is 11.7. The standard InChI is InChI=1S/C12H14ClNO3S/c1-3-17-12(16)8-14(2)11(15)7-5-9-4-6-10(13)18-9/h4-7H,3,8H2,1-2H3. The van der Waals surface area contributed by atoms with Crippen molar-refractivity contribution in [1.82, 2.24) is 4.90 Å². The van der Waals surface area contributed by atoms with Gasteiger partial charge in [-0.05, 0) is 25.1 Å². The lowest BCUT2D eigenvalue weighted by Crippen LogP contribution is -2.31. The van der Waals surface area contributed by atoms with E-state index in [2.05, 4.69) is 0 Å². The van der Waals surface area contributed by atoms with Crippen molar-refractivity contribution in [2.75, 3.05) is 20.2 Å². The molecule has 1 heterocycles. The van der Waals surface area contributed by atoms with E-state index in [1.807, 2.05) is 6.07 Å². The van der Waals surface area contributed by atoms with Crippen LogP contribution in [0.2, 0.25) is 4.34 Å². The second kappa shape index (κ2) is 7.18. The van der Waals surface area contributed by atoms with E-state index in [-0.39, 0.29) is 12.5 Å². The molecule has 0 N–H and O–H groups in total. The second-order valence-corrected chi connectivity index (χ2v) is 5.22. The van der Waals surface area contributed by atoms with Crippen LogP contribution in [0.1, 0.15) is 11.8 Å². The van der Waals surface area contributed by atoms with Crippen LogP contribution < -0.4 is 0 Å². The number of ether oxygens (including phenoxy) is 1. The summed E-state index contributed by atoms with van der Waals surface area (Å²) >= 11 is 7.15. The van der Waals surface area contributed by atoms with E-state index < -0.39 is 5.97 Å². The first-order chi connectivity index (χ1) is 8.52. The number of carbonyl (C=O) groups is 2. The molecule has 0 aliphatic rings. The van der Waals surface area contributed by atoms with E-state index in [0.717, 1.165) is 4.88 Å². The van der Waals surface area contributed by atoms with Gasteiger partial charge in [0.2, 0.25) is 5.91 Å². The lowest BCUT2D eigenvalue weighted by molar-refractivity contribution is -0.146. The molecule has 0 saturated carbocycles. The van der Waals surface area contributed by atoms with Crippen LogP contribution in [0, 0.1) is 0 Å². The fourth-order valence-electron chi connectivity index (χ4n) is 1.18. The molecule has 6 heteroatoms. The fourth-order valence-corrected chi connectivity index (χ4v) is 2.14. The molecule has 1 aromatic heterocycles.